The molecule has 0 N–H and O–H groups in total. The van der Waals surface area contributed by atoms with Gasteiger partial charge in [-0.1, -0.05) is 32.3 Å². The van der Waals surface area contributed by atoms with Crippen LogP contribution in [0.4, 0.5) is 8.78 Å². The third-order valence-corrected chi connectivity index (χ3v) is 5.32. The summed E-state index contributed by atoms with van der Waals surface area (Å²) in [6, 6.07) is 0. The van der Waals surface area contributed by atoms with Crippen molar-refractivity contribution in [2.45, 2.75) is 83.7 Å². The topological polar surface area (TPSA) is 69.7 Å². The van der Waals surface area contributed by atoms with Crippen LogP contribution in [0.15, 0.2) is 12.2 Å². The monoisotopic (exact) mass is 402 g/mol. The molecule has 0 saturated heterocycles. The van der Waals surface area contributed by atoms with Crippen molar-refractivity contribution in [2.75, 3.05) is 7.11 Å². The van der Waals surface area contributed by atoms with Gasteiger partial charge in [-0.3, -0.25) is 14.4 Å². The average Bonchev–Trinajstić information content (AvgIpc) is 3.02. The Bertz CT molecular complexity index is 559. The van der Waals surface area contributed by atoms with Crippen molar-refractivity contribution < 1.29 is 32.6 Å². The normalized spacial score (nSPS) is 22.4. The Morgan fingerprint density at radius 2 is 1.79 bits per heavy atom. The second-order valence-corrected chi connectivity index (χ2v) is 7.36. The summed E-state index contributed by atoms with van der Waals surface area (Å²) in [4.78, 5) is 34.1. The van der Waals surface area contributed by atoms with Crippen LogP contribution >= 0.6 is 0 Å². The second kappa shape index (κ2) is 11.9. The van der Waals surface area contributed by atoms with Crippen molar-refractivity contribution >= 4 is 17.7 Å². The van der Waals surface area contributed by atoms with Gasteiger partial charge in [-0.05, 0) is 37.7 Å². The van der Waals surface area contributed by atoms with Crippen LogP contribution in [0.25, 0.3) is 0 Å². The number of carbonyl (C=O) groups is 3. The molecule has 1 aliphatic rings. The Morgan fingerprint density at radius 3 is 2.39 bits per heavy atom. The predicted octanol–water partition coefficient (Wildman–Crippen LogP) is 4.63. The van der Waals surface area contributed by atoms with E-state index in [1.165, 1.54) is 21.0 Å². The zero-order chi connectivity index (χ0) is 21.2. The van der Waals surface area contributed by atoms with Crippen LogP contribution in [0.2, 0.25) is 0 Å². The number of hydrogen-bond donors (Lipinski definition) is 0. The van der Waals surface area contributed by atoms with E-state index in [4.69, 9.17) is 4.74 Å². The maximum Gasteiger partial charge on any atom is 0.308 e. The van der Waals surface area contributed by atoms with Gasteiger partial charge in [-0.15, -0.1) is 0 Å². The Morgan fingerprint density at radius 1 is 1.11 bits per heavy atom. The molecule has 7 heteroatoms. The third-order valence-electron chi connectivity index (χ3n) is 5.32. The highest BCUT2D eigenvalue weighted by Gasteiger charge is 2.38. The second-order valence-electron chi connectivity index (χ2n) is 7.36. The van der Waals surface area contributed by atoms with E-state index in [0.29, 0.717) is 19.3 Å². The largest absolute Gasteiger partial charge is 0.469 e. The zero-order valence-corrected chi connectivity index (χ0v) is 17.0. The lowest BCUT2D eigenvalue weighted by Gasteiger charge is -2.23. The molecule has 0 spiro atoms. The number of alkyl halides is 2. The fourth-order valence-corrected chi connectivity index (χ4v) is 3.67. The summed E-state index contributed by atoms with van der Waals surface area (Å²) in [7, 11) is 1.37. The van der Waals surface area contributed by atoms with Gasteiger partial charge >= 0.3 is 17.9 Å². The highest BCUT2D eigenvalue weighted by molar-refractivity contribution is 5.95. The third kappa shape index (κ3) is 8.07. The van der Waals surface area contributed by atoms with E-state index in [0.717, 1.165) is 38.2 Å². The molecule has 0 radical (unpaired) electrons. The van der Waals surface area contributed by atoms with Crippen LogP contribution in [-0.4, -0.2) is 36.9 Å². The first-order chi connectivity index (χ1) is 13.2. The van der Waals surface area contributed by atoms with Crippen molar-refractivity contribution in [3.63, 3.8) is 0 Å². The van der Waals surface area contributed by atoms with Gasteiger partial charge in [0.15, 0.2) is 0 Å². The highest BCUT2D eigenvalue weighted by Crippen LogP contribution is 2.39. The number of hydrogen-bond acceptors (Lipinski definition) is 5. The molecule has 1 aliphatic carbocycles. The maximum atomic E-state index is 13.5. The Labute approximate surface area is 165 Å². The molecule has 0 amide bonds. The minimum absolute atomic E-state index is 0.0174. The zero-order valence-electron chi connectivity index (χ0n) is 17.0. The summed E-state index contributed by atoms with van der Waals surface area (Å²) < 4.78 is 36.9. The molecule has 1 unspecified atom stereocenters. The van der Waals surface area contributed by atoms with Crippen molar-refractivity contribution in [3.05, 3.63) is 12.2 Å². The van der Waals surface area contributed by atoms with Crippen molar-refractivity contribution in [2.24, 2.45) is 11.8 Å². The standard InChI is InChI=1S/C21H32F2O5/c1-4-21(22,23)19(25)14-12-16-11-13-18(28-15(2)24)17(16)9-7-5-6-8-10-20(26)27-3/h12,14,16-18H,4-11,13H2,1-3H3/b14-12+/t16-,17?,18+/m1/s1. The van der Waals surface area contributed by atoms with Crippen molar-refractivity contribution in [1.29, 1.82) is 0 Å². The number of methoxy groups -OCH3 is 1. The fraction of sp³-hybridized carbons (Fsp3) is 0.762. The van der Waals surface area contributed by atoms with Gasteiger partial charge in [0.25, 0.3) is 0 Å². The minimum atomic E-state index is -3.33. The van der Waals surface area contributed by atoms with Gasteiger partial charge in [0.05, 0.1) is 7.11 Å². The number of unbranched alkanes of at least 4 members (excludes halogenated alkanes) is 3. The number of ketones is 1. The summed E-state index contributed by atoms with van der Waals surface area (Å²) in [6.07, 6.45) is 7.79. The number of ether oxygens (including phenoxy) is 2. The average molecular weight is 402 g/mol. The van der Waals surface area contributed by atoms with Crippen molar-refractivity contribution in [1.82, 2.24) is 0 Å². The van der Waals surface area contributed by atoms with Crippen LogP contribution in [0.3, 0.4) is 0 Å². The molecule has 5 nitrogen and oxygen atoms in total. The van der Waals surface area contributed by atoms with Gasteiger partial charge in [0.2, 0.25) is 5.78 Å². The van der Waals surface area contributed by atoms with Gasteiger partial charge in [-0.25, -0.2) is 0 Å². The van der Waals surface area contributed by atoms with Gasteiger partial charge in [0, 0.05) is 25.7 Å². The van der Waals surface area contributed by atoms with Crippen LogP contribution in [0.1, 0.15) is 71.6 Å². The molecule has 0 aromatic heterocycles. The molecule has 0 aliphatic heterocycles. The first-order valence-electron chi connectivity index (χ1n) is 10.1. The molecule has 1 rings (SSSR count). The molecule has 160 valence electrons. The molecule has 1 fully saturated rings. The first-order valence-corrected chi connectivity index (χ1v) is 10.1. The minimum Gasteiger partial charge on any atom is -0.469 e. The number of allylic oxidation sites excluding steroid dienone is 2. The molecular formula is C21H32F2O5. The number of halogens is 2. The Balaban J connectivity index is 2.59. The molecule has 3 atom stereocenters. The number of esters is 2. The van der Waals surface area contributed by atoms with E-state index in [-0.39, 0.29) is 29.9 Å². The fourth-order valence-electron chi connectivity index (χ4n) is 3.67. The summed E-state index contributed by atoms with van der Waals surface area (Å²) in [5, 5.41) is 0. The maximum absolute atomic E-state index is 13.5. The molecule has 0 bridgehead atoms. The molecule has 28 heavy (non-hydrogen) atoms. The van der Waals surface area contributed by atoms with Gasteiger partial charge < -0.3 is 9.47 Å². The number of carbonyl (C=O) groups excluding carboxylic acids is 3. The Hall–Kier alpha value is -1.79. The summed E-state index contributed by atoms with van der Waals surface area (Å²) >= 11 is 0. The summed E-state index contributed by atoms with van der Waals surface area (Å²) in [5.74, 6) is -5.12. The van der Waals surface area contributed by atoms with E-state index < -0.39 is 18.1 Å². The summed E-state index contributed by atoms with van der Waals surface area (Å²) in [5.41, 5.74) is 0. The molecule has 1 saturated carbocycles. The molecule has 0 aromatic rings. The van der Waals surface area contributed by atoms with Crippen LogP contribution < -0.4 is 0 Å². The van der Waals surface area contributed by atoms with E-state index in [9.17, 15) is 23.2 Å². The number of rotatable bonds is 12. The van der Waals surface area contributed by atoms with E-state index in [1.807, 2.05) is 0 Å². The SMILES string of the molecule is CCC(F)(F)C(=O)/C=C/[C@H]1CC[C@H](OC(C)=O)C1CCCCCCC(=O)OC. The lowest BCUT2D eigenvalue weighted by Crippen LogP contribution is -2.26. The van der Waals surface area contributed by atoms with E-state index in [2.05, 4.69) is 4.74 Å². The van der Waals surface area contributed by atoms with Crippen LogP contribution in [0.5, 0.6) is 0 Å². The highest BCUT2D eigenvalue weighted by atomic mass is 19.3. The van der Waals surface area contributed by atoms with Gasteiger partial charge in [0.1, 0.15) is 6.10 Å². The molecule has 0 heterocycles. The van der Waals surface area contributed by atoms with E-state index in [1.54, 1.807) is 6.08 Å². The smallest absolute Gasteiger partial charge is 0.308 e. The quantitative estimate of drug-likeness (QED) is 0.270. The first kappa shape index (κ1) is 24.2. The lowest BCUT2D eigenvalue weighted by atomic mass is 9.88. The Kier molecular flexibility index (Phi) is 10.3. The lowest BCUT2D eigenvalue weighted by molar-refractivity contribution is -0.148. The molecular weight excluding hydrogens is 370 g/mol. The predicted molar refractivity (Wildman–Crippen MR) is 101 cm³/mol. The van der Waals surface area contributed by atoms with Gasteiger partial charge in [-0.2, -0.15) is 8.78 Å². The van der Waals surface area contributed by atoms with Crippen LogP contribution in [0, 0.1) is 11.8 Å². The molecule has 0 aromatic carbocycles. The van der Waals surface area contributed by atoms with E-state index >= 15 is 0 Å². The van der Waals surface area contributed by atoms with Crippen molar-refractivity contribution in [3.8, 4) is 0 Å². The summed E-state index contributed by atoms with van der Waals surface area (Å²) in [6.45, 7) is 2.64. The van der Waals surface area contributed by atoms with Crippen LogP contribution in [-0.2, 0) is 23.9 Å².